The Morgan fingerprint density at radius 1 is 1.61 bits per heavy atom. The van der Waals surface area contributed by atoms with Gasteiger partial charge in [0, 0.05) is 18.5 Å². The Kier molecular flexibility index (Phi) is 3.68. The van der Waals surface area contributed by atoms with Gasteiger partial charge in [-0.2, -0.15) is 4.98 Å². The highest BCUT2D eigenvalue weighted by atomic mass is 32.1. The molecule has 0 aromatic carbocycles. The van der Waals surface area contributed by atoms with Gasteiger partial charge in [0.1, 0.15) is 0 Å². The van der Waals surface area contributed by atoms with Gasteiger partial charge in [-0.15, -0.1) is 0 Å². The van der Waals surface area contributed by atoms with Crippen molar-refractivity contribution in [2.45, 2.75) is 19.4 Å². The maximum absolute atomic E-state index is 10.6. The molecule has 0 saturated carbocycles. The number of likely N-dealkylation sites (N-methyl/N-ethyl adjacent to an activating group) is 1. The number of rotatable bonds is 5. The van der Waals surface area contributed by atoms with E-state index in [9.17, 15) is 10.1 Å². The van der Waals surface area contributed by atoms with Crippen LogP contribution < -0.4 is 5.32 Å². The highest BCUT2D eigenvalue weighted by Gasteiger charge is 2.16. The molecule has 0 bridgehead atoms. The fourth-order valence-electron chi connectivity index (χ4n) is 1.35. The minimum absolute atomic E-state index is 0.0633. The molecule has 0 aliphatic rings. The van der Waals surface area contributed by atoms with Crippen LogP contribution in [0.5, 0.6) is 0 Å². The topological polar surface area (TPSA) is 94.1 Å². The second kappa shape index (κ2) is 5.23. The number of nitrogens with zero attached hydrogens (tertiary/aromatic N) is 3. The van der Waals surface area contributed by atoms with Gasteiger partial charge in [-0.1, -0.05) is 16.5 Å². The van der Waals surface area contributed by atoms with Crippen molar-refractivity contribution in [3.05, 3.63) is 28.1 Å². The first kappa shape index (κ1) is 12.7. The minimum atomic E-state index is -0.436. The van der Waals surface area contributed by atoms with Crippen LogP contribution in [-0.2, 0) is 6.42 Å². The monoisotopic (exact) mass is 268 g/mol. The molecule has 18 heavy (non-hydrogen) atoms. The second-order valence-corrected chi connectivity index (χ2v) is 4.87. The normalized spacial score (nSPS) is 12.6. The molecule has 7 nitrogen and oxygen atoms in total. The van der Waals surface area contributed by atoms with E-state index in [1.165, 1.54) is 6.07 Å². The molecule has 2 aromatic rings. The van der Waals surface area contributed by atoms with E-state index in [4.69, 9.17) is 4.52 Å². The van der Waals surface area contributed by atoms with E-state index in [-0.39, 0.29) is 11.0 Å². The lowest BCUT2D eigenvalue weighted by Gasteiger charge is -2.04. The van der Waals surface area contributed by atoms with Crippen molar-refractivity contribution >= 4 is 16.3 Å². The van der Waals surface area contributed by atoms with Gasteiger partial charge >= 0.3 is 5.00 Å². The maximum atomic E-state index is 10.6. The highest BCUT2D eigenvalue weighted by molar-refractivity contribution is 7.18. The molecular formula is C10H12N4O3S. The molecule has 1 unspecified atom stereocenters. The van der Waals surface area contributed by atoms with Gasteiger partial charge in [0.05, 0.1) is 9.80 Å². The molecule has 8 heteroatoms. The van der Waals surface area contributed by atoms with Crippen molar-refractivity contribution in [1.82, 2.24) is 15.5 Å². The van der Waals surface area contributed by atoms with Gasteiger partial charge in [0.25, 0.3) is 5.89 Å². The fourth-order valence-corrected chi connectivity index (χ4v) is 2.10. The van der Waals surface area contributed by atoms with Crippen LogP contribution in [0.2, 0.25) is 0 Å². The zero-order chi connectivity index (χ0) is 13.1. The van der Waals surface area contributed by atoms with Crippen LogP contribution in [-0.4, -0.2) is 28.2 Å². The van der Waals surface area contributed by atoms with E-state index in [0.717, 1.165) is 11.3 Å². The predicted octanol–water partition coefficient (Wildman–Crippen LogP) is 1.86. The van der Waals surface area contributed by atoms with Gasteiger partial charge in [0.15, 0.2) is 5.82 Å². The zero-order valence-electron chi connectivity index (χ0n) is 9.91. The summed E-state index contributed by atoms with van der Waals surface area (Å²) in [5.74, 6) is 0.911. The van der Waals surface area contributed by atoms with E-state index < -0.39 is 4.92 Å². The van der Waals surface area contributed by atoms with Gasteiger partial charge < -0.3 is 9.84 Å². The molecule has 0 fully saturated rings. The molecule has 1 N–H and O–H groups in total. The van der Waals surface area contributed by atoms with E-state index in [1.54, 1.807) is 6.07 Å². The molecule has 0 aliphatic heterocycles. The Hall–Kier alpha value is -1.80. The Bertz CT molecular complexity index is 551. The van der Waals surface area contributed by atoms with Crippen molar-refractivity contribution in [2.24, 2.45) is 0 Å². The Morgan fingerprint density at radius 3 is 3.00 bits per heavy atom. The third-order valence-electron chi connectivity index (χ3n) is 2.43. The molecule has 2 heterocycles. The van der Waals surface area contributed by atoms with Crippen LogP contribution in [0, 0.1) is 10.1 Å². The second-order valence-electron chi connectivity index (χ2n) is 3.80. The average Bonchev–Trinajstić information content (AvgIpc) is 2.96. The quantitative estimate of drug-likeness (QED) is 0.657. The molecule has 0 spiro atoms. The Balaban J connectivity index is 2.16. The van der Waals surface area contributed by atoms with Gasteiger partial charge in [-0.05, 0) is 20.0 Å². The van der Waals surface area contributed by atoms with Crippen LogP contribution in [0.15, 0.2) is 16.7 Å². The smallest absolute Gasteiger partial charge is 0.324 e. The maximum Gasteiger partial charge on any atom is 0.324 e. The van der Waals surface area contributed by atoms with Crippen LogP contribution in [0.3, 0.4) is 0 Å². The number of hydrogen-bond donors (Lipinski definition) is 1. The highest BCUT2D eigenvalue weighted by Crippen LogP contribution is 2.31. The summed E-state index contributed by atoms with van der Waals surface area (Å²) in [6, 6.07) is 3.29. The Morgan fingerprint density at radius 2 is 2.39 bits per heavy atom. The third kappa shape index (κ3) is 2.71. The molecule has 0 saturated heterocycles. The molecule has 0 amide bonds. The summed E-state index contributed by atoms with van der Waals surface area (Å²) in [5, 5.41) is 17.6. The van der Waals surface area contributed by atoms with E-state index in [1.807, 2.05) is 14.0 Å². The van der Waals surface area contributed by atoms with Gasteiger partial charge in [-0.3, -0.25) is 10.1 Å². The SMILES string of the molecule is CNC(C)Cc1noc(-c2ccc([N+](=O)[O-])s2)n1. The van der Waals surface area contributed by atoms with Crippen LogP contribution >= 0.6 is 11.3 Å². The van der Waals surface area contributed by atoms with E-state index in [0.29, 0.717) is 23.0 Å². The van der Waals surface area contributed by atoms with Gasteiger partial charge in [0.2, 0.25) is 0 Å². The summed E-state index contributed by atoms with van der Waals surface area (Å²) in [6.45, 7) is 2.01. The average molecular weight is 268 g/mol. The predicted molar refractivity (Wildman–Crippen MR) is 66.5 cm³/mol. The van der Waals surface area contributed by atoms with Crippen molar-refractivity contribution < 1.29 is 9.45 Å². The number of aromatic nitrogens is 2. The van der Waals surface area contributed by atoms with Crippen molar-refractivity contribution in [1.29, 1.82) is 0 Å². The van der Waals surface area contributed by atoms with Gasteiger partial charge in [-0.25, -0.2) is 0 Å². The molecule has 0 aliphatic carbocycles. The molecule has 1 atom stereocenters. The summed E-state index contributed by atoms with van der Waals surface area (Å²) in [7, 11) is 1.86. The summed E-state index contributed by atoms with van der Waals surface area (Å²) in [4.78, 5) is 15.0. The minimum Gasteiger partial charge on any atom is -0.333 e. The van der Waals surface area contributed by atoms with Crippen molar-refractivity contribution in [3.63, 3.8) is 0 Å². The molecule has 0 radical (unpaired) electrons. The molecule has 2 rings (SSSR count). The van der Waals surface area contributed by atoms with E-state index >= 15 is 0 Å². The molecule has 96 valence electrons. The number of nitrogens with one attached hydrogen (secondary N) is 1. The Labute approximate surface area is 107 Å². The lowest BCUT2D eigenvalue weighted by atomic mass is 10.2. The van der Waals surface area contributed by atoms with Crippen LogP contribution in [0.4, 0.5) is 5.00 Å². The van der Waals surface area contributed by atoms with Crippen LogP contribution in [0.1, 0.15) is 12.7 Å². The fraction of sp³-hybridized carbons (Fsp3) is 0.400. The summed E-state index contributed by atoms with van der Waals surface area (Å²) < 4.78 is 5.09. The van der Waals surface area contributed by atoms with Crippen molar-refractivity contribution in [2.75, 3.05) is 7.05 Å². The summed E-state index contributed by atoms with van der Waals surface area (Å²) >= 11 is 1.02. The molecular weight excluding hydrogens is 256 g/mol. The lowest BCUT2D eigenvalue weighted by Crippen LogP contribution is -2.24. The van der Waals surface area contributed by atoms with E-state index in [2.05, 4.69) is 15.5 Å². The lowest BCUT2D eigenvalue weighted by molar-refractivity contribution is -0.380. The number of nitro groups is 1. The first-order valence-corrected chi connectivity index (χ1v) is 6.16. The zero-order valence-corrected chi connectivity index (χ0v) is 10.7. The first-order chi connectivity index (χ1) is 8.60. The van der Waals surface area contributed by atoms with Crippen LogP contribution in [0.25, 0.3) is 10.8 Å². The summed E-state index contributed by atoms with van der Waals surface area (Å²) in [6.07, 6.45) is 0.646. The molecule has 2 aromatic heterocycles. The number of thiophene rings is 1. The van der Waals surface area contributed by atoms with Crippen molar-refractivity contribution in [3.8, 4) is 10.8 Å². The summed E-state index contributed by atoms with van der Waals surface area (Å²) in [5.41, 5.74) is 0. The largest absolute Gasteiger partial charge is 0.333 e. The third-order valence-corrected chi connectivity index (χ3v) is 3.46. The number of hydrogen-bond acceptors (Lipinski definition) is 7. The first-order valence-electron chi connectivity index (χ1n) is 5.34. The standard InChI is InChI=1S/C10H12N4O3S/c1-6(11-2)5-8-12-10(17-13-8)7-3-4-9(18-7)14(15)16/h3-4,6,11H,5H2,1-2H3.